The number of likely N-dealkylation sites (tertiary alicyclic amines) is 1. The van der Waals surface area contributed by atoms with Crippen LogP contribution in [0, 0.1) is 0 Å². The fourth-order valence-corrected chi connectivity index (χ4v) is 3.71. The van der Waals surface area contributed by atoms with Gasteiger partial charge in [0, 0.05) is 19.6 Å². The number of carbonyl (C=O) groups is 1. The van der Waals surface area contributed by atoms with Crippen molar-refractivity contribution >= 4 is 34.2 Å². The number of alkyl halides is 1. The van der Waals surface area contributed by atoms with Crippen molar-refractivity contribution in [1.29, 1.82) is 0 Å². The van der Waals surface area contributed by atoms with Crippen molar-refractivity contribution in [2.24, 2.45) is 0 Å². The maximum atomic E-state index is 15.1. The molecule has 2 aromatic rings. The van der Waals surface area contributed by atoms with Gasteiger partial charge in [-0.2, -0.15) is 0 Å². The van der Waals surface area contributed by atoms with E-state index in [0.717, 1.165) is 0 Å². The molecule has 1 amide bonds. The zero-order valence-electron chi connectivity index (χ0n) is 15.6. The summed E-state index contributed by atoms with van der Waals surface area (Å²) >= 11 is 6.15. The topological polar surface area (TPSA) is 93.4 Å². The van der Waals surface area contributed by atoms with E-state index in [4.69, 9.17) is 16.0 Å². The fraction of sp³-hybridized carbons (Fsp3) is 0.526. The molecule has 0 unspecified atom stereocenters. The second-order valence-corrected chi connectivity index (χ2v) is 8.38. The van der Waals surface area contributed by atoms with Crippen molar-refractivity contribution in [3.8, 4) is 0 Å². The largest absolute Gasteiger partial charge is 0.463 e. The number of hydrogen-bond donors (Lipinski definition) is 3. The van der Waals surface area contributed by atoms with Crippen LogP contribution in [0.25, 0.3) is 11.0 Å². The lowest BCUT2D eigenvalue weighted by Gasteiger charge is -2.38. The SMILES string of the molecule is CC(C)(O)CN1CCC(F)(CNC(=O)c2cc(Cl)c([NH3+])c3ccoc23)CC1. The van der Waals surface area contributed by atoms with Crippen LogP contribution in [-0.2, 0) is 0 Å². The van der Waals surface area contributed by atoms with Gasteiger partial charge in [0.2, 0.25) is 0 Å². The van der Waals surface area contributed by atoms with E-state index in [2.05, 4.69) is 11.1 Å². The van der Waals surface area contributed by atoms with Crippen molar-refractivity contribution in [1.82, 2.24) is 10.2 Å². The minimum atomic E-state index is -1.47. The number of fused-ring (bicyclic) bond motifs is 1. The van der Waals surface area contributed by atoms with Gasteiger partial charge in [-0.15, -0.1) is 0 Å². The predicted octanol–water partition coefficient (Wildman–Crippen LogP) is 2.26. The third-order valence-electron chi connectivity index (χ3n) is 4.97. The normalized spacial score (nSPS) is 18.0. The second kappa shape index (κ2) is 7.39. The van der Waals surface area contributed by atoms with Crippen LogP contribution < -0.4 is 11.1 Å². The van der Waals surface area contributed by atoms with E-state index in [-0.39, 0.29) is 12.1 Å². The zero-order chi connectivity index (χ0) is 19.8. The number of nitrogens with zero attached hydrogens (tertiary/aromatic N) is 1. The predicted molar refractivity (Wildman–Crippen MR) is 102 cm³/mol. The summed E-state index contributed by atoms with van der Waals surface area (Å²) in [5.41, 5.74) is 2.87. The molecule has 1 aliphatic heterocycles. The Morgan fingerprint density at radius 1 is 1.48 bits per heavy atom. The van der Waals surface area contributed by atoms with Gasteiger partial charge >= 0.3 is 0 Å². The number of amides is 1. The number of benzene rings is 1. The maximum Gasteiger partial charge on any atom is 0.255 e. The number of hydrogen-bond acceptors (Lipinski definition) is 4. The van der Waals surface area contributed by atoms with E-state index < -0.39 is 17.2 Å². The van der Waals surface area contributed by atoms with Gasteiger partial charge in [0.25, 0.3) is 5.91 Å². The molecule has 8 heteroatoms. The summed E-state index contributed by atoms with van der Waals surface area (Å²) in [5, 5.41) is 13.6. The molecular formula is C19H26ClFN3O3+. The van der Waals surface area contributed by atoms with Crippen LogP contribution in [0.5, 0.6) is 0 Å². The molecule has 6 nitrogen and oxygen atoms in total. The maximum absolute atomic E-state index is 15.1. The molecule has 1 aromatic heterocycles. The van der Waals surface area contributed by atoms with E-state index in [9.17, 15) is 9.90 Å². The van der Waals surface area contributed by atoms with Gasteiger partial charge in [-0.1, -0.05) is 11.6 Å². The van der Waals surface area contributed by atoms with Crippen molar-refractivity contribution in [2.45, 2.75) is 38.0 Å². The highest BCUT2D eigenvalue weighted by molar-refractivity contribution is 6.34. The lowest BCUT2D eigenvalue weighted by Crippen LogP contribution is -2.50. The molecule has 2 heterocycles. The van der Waals surface area contributed by atoms with Gasteiger partial charge in [-0.05, 0) is 38.8 Å². The van der Waals surface area contributed by atoms with Crippen molar-refractivity contribution in [3.63, 3.8) is 0 Å². The van der Waals surface area contributed by atoms with Gasteiger partial charge in [-0.3, -0.25) is 4.79 Å². The number of β-amino-alcohol motifs (C(OH)–C–C–N with tert-alkyl or cyclic N) is 1. The number of carbonyl (C=O) groups excluding carboxylic acids is 1. The fourth-order valence-electron chi connectivity index (χ4n) is 3.50. The number of aliphatic hydroxyl groups is 1. The summed E-state index contributed by atoms with van der Waals surface area (Å²) in [6.45, 7) is 4.99. The molecule has 148 valence electrons. The average molecular weight is 399 g/mol. The minimum Gasteiger partial charge on any atom is -0.463 e. The van der Waals surface area contributed by atoms with Crippen LogP contribution in [0.1, 0.15) is 37.0 Å². The van der Waals surface area contributed by atoms with E-state index in [1.54, 1.807) is 19.9 Å². The monoisotopic (exact) mass is 398 g/mol. The molecule has 1 aliphatic rings. The minimum absolute atomic E-state index is 0.0753. The van der Waals surface area contributed by atoms with Crippen molar-refractivity contribution in [2.75, 3.05) is 26.2 Å². The highest BCUT2D eigenvalue weighted by Crippen LogP contribution is 2.32. The highest BCUT2D eigenvalue weighted by Gasteiger charge is 2.36. The second-order valence-electron chi connectivity index (χ2n) is 7.97. The lowest BCUT2D eigenvalue weighted by atomic mass is 9.92. The van der Waals surface area contributed by atoms with E-state index in [1.807, 2.05) is 4.90 Å². The molecule has 0 spiro atoms. The zero-order valence-corrected chi connectivity index (χ0v) is 16.4. The number of rotatable bonds is 5. The van der Waals surface area contributed by atoms with Crippen molar-refractivity contribution in [3.05, 3.63) is 29.0 Å². The Bertz CT molecular complexity index is 839. The summed E-state index contributed by atoms with van der Waals surface area (Å²) < 4.78 is 20.5. The Balaban J connectivity index is 1.63. The Labute approximate surface area is 162 Å². The summed E-state index contributed by atoms with van der Waals surface area (Å²) in [6.07, 6.45) is 2.08. The molecule has 0 bridgehead atoms. The number of furan rings is 1. The molecular weight excluding hydrogens is 373 g/mol. The quantitative estimate of drug-likeness (QED) is 0.720. The molecule has 27 heavy (non-hydrogen) atoms. The first-order valence-corrected chi connectivity index (χ1v) is 9.39. The van der Waals surface area contributed by atoms with Crippen molar-refractivity contribution < 1.29 is 24.4 Å². The first kappa shape index (κ1) is 20.1. The molecule has 5 N–H and O–H groups in total. The van der Waals surface area contributed by atoms with Gasteiger partial charge in [0.05, 0.1) is 29.4 Å². The Morgan fingerprint density at radius 2 is 2.15 bits per heavy atom. The molecule has 1 aromatic carbocycles. The Kier molecular flexibility index (Phi) is 5.49. The molecule has 0 radical (unpaired) electrons. The summed E-state index contributed by atoms with van der Waals surface area (Å²) in [5.74, 6) is -0.423. The summed E-state index contributed by atoms with van der Waals surface area (Å²) in [6, 6.07) is 3.21. The van der Waals surface area contributed by atoms with Crippen LogP contribution in [0.3, 0.4) is 0 Å². The Morgan fingerprint density at radius 3 is 2.78 bits per heavy atom. The van der Waals surface area contributed by atoms with E-state index in [1.165, 1.54) is 12.3 Å². The smallest absolute Gasteiger partial charge is 0.255 e. The number of quaternary nitrogens is 1. The van der Waals surface area contributed by atoms with Crippen LogP contribution >= 0.6 is 11.6 Å². The van der Waals surface area contributed by atoms with Gasteiger partial charge in [0.15, 0.2) is 11.3 Å². The third kappa shape index (κ3) is 4.60. The van der Waals surface area contributed by atoms with E-state index >= 15 is 4.39 Å². The van der Waals surface area contributed by atoms with Crippen LogP contribution in [0.15, 0.2) is 22.8 Å². The van der Waals surface area contributed by atoms with Crippen LogP contribution in [0.4, 0.5) is 10.1 Å². The first-order chi connectivity index (χ1) is 12.6. The third-order valence-corrected chi connectivity index (χ3v) is 5.30. The standard InChI is InChI=1S/C19H25ClFN3O3/c1-18(2,26)11-24-6-4-19(21,5-7-24)10-23-17(25)13-9-14(20)15(22)12-3-8-27-16(12)13/h3,8-9,26H,4-7,10-11,22H2,1-2H3,(H,23,25)/p+1. The number of nitrogens with one attached hydrogen (secondary N) is 1. The highest BCUT2D eigenvalue weighted by atomic mass is 35.5. The van der Waals surface area contributed by atoms with Gasteiger partial charge in [0.1, 0.15) is 10.7 Å². The van der Waals surface area contributed by atoms with Gasteiger partial charge in [-0.25, -0.2) is 4.39 Å². The van der Waals surface area contributed by atoms with Crippen LogP contribution in [0.2, 0.25) is 5.02 Å². The van der Waals surface area contributed by atoms with Gasteiger partial charge < -0.3 is 25.5 Å². The first-order valence-electron chi connectivity index (χ1n) is 9.01. The molecule has 0 atom stereocenters. The average Bonchev–Trinajstić information content (AvgIpc) is 3.07. The number of halogens is 2. The van der Waals surface area contributed by atoms with E-state index in [0.29, 0.717) is 54.2 Å². The molecule has 0 saturated carbocycles. The molecule has 0 aliphatic carbocycles. The number of piperidine rings is 1. The summed E-state index contributed by atoms with van der Waals surface area (Å²) in [7, 11) is 0. The van der Waals surface area contributed by atoms with Crippen LogP contribution in [-0.4, -0.2) is 53.4 Å². The Hall–Kier alpha value is -1.67. The lowest BCUT2D eigenvalue weighted by molar-refractivity contribution is -0.252. The molecule has 3 rings (SSSR count). The molecule has 1 saturated heterocycles. The molecule has 1 fully saturated rings. The summed E-state index contributed by atoms with van der Waals surface area (Å²) in [4.78, 5) is 14.6.